The molecule has 1 rings (SSSR count). The molecule has 0 aromatic heterocycles. The van der Waals surface area contributed by atoms with Crippen molar-refractivity contribution in [2.24, 2.45) is 0 Å². The Kier molecular flexibility index (Phi) is 2.53. The molecule has 2 nitrogen and oxygen atoms in total. The second kappa shape index (κ2) is 3.43. The van der Waals surface area contributed by atoms with Crippen LogP contribution in [-0.2, 0) is 0 Å². The molecular formula is C9H12BNO. The Labute approximate surface area is 73.4 Å². The minimum atomic E-state index is -0.0208. The van der Waals surface area contributed by atoms with E-state index in [0.717, 1.165) is 11.1 Å². The standard InChI is InChI=1S/C9H12BNO/c1-6-5-7(10)3-4-8(6)9(12)11-2/h3-5H,10H2,1-2H3,(H,11,12). The molecule has 1 aromatic rings. The van der Waals surface area contributed by atoms with Crippen LogP contribution in [0.4, 0.5) is 0 Å². The van der Waals surface area contributed by atoms with Crippen LogP contribution in [0.25, 0.3) is 0 Å². The van der Waals surface area contributed by atoms with Gasteiger partial charge in [0.2, 0.25) is 0 Å². The van der Waals surface area contributed by atoms with Gasteiger partial charge in [0.05, 0.1) is 0 Å². The smallest absolute Gasteiger partial charge is 0.251 e. The molecule has 0 heterocycles. The fraction of sp³-hybridized carbons (Fsp3) is 0.222. The molecule has 0 aliphatic carbocycles. The lowest BCUT2D eigenvalue weighted by molar-refractivity contribution is 0.0962. The van der Waals surface area contributed by atoms with E-state index >= 15 is 0 Å². The average molecular weight is 161 g/mol. The van der Waals surface area contributed by atoms with Gasteiger partial charge in [-0.3, -0.25) is 4.79 Å². The molecule has 1 amide bonds. The second-order valence-corrected chi connectivity index (χ2v) is 2.90. The minimum absolute atomic E-state index is 0.0208. The van der Waals surface area contributed by atoms with Gasteiger partial charge in [-0.2, -0.15) is 0 Å². The third kappa shape index (κ3) is 1.67. The third-order valence-corrected chi connectivity index (χ3v) is 1.85. The van der Waals surface area contributed by atoms with E-state index in [1.54, 1.807) is 7.05 Å². The van der Waals surface area contributed by atoms with E-state index < -0.39 is 0 Å². The van der Waals surface area contributed by atoms with Crippen molar-refractivity contribution < 1.29 is 4.79 Å². The van der Waals surface area contributed by atoms with Gasteiger partial charge in [0, 0.05) is 12.6 Å². The first-order valence-corrected chi connectivity index (χ1v) is 3.94. The molecular weight excluding hydrogens is 149 g/mol. The Hall–Kier alpha value is -1.25. The van der Waals surface area contributed by atoms with Crippen molar-refractivity contribution in [3.8, 4) is 0 Å². The molecule has 12 heavy (non-hydrogen) atoms. The molecule has 0 saturated carbocycles. The maximum atomic E-state index is 11.2. The van der Waals surface area contributed by atoms with Gasteiger partial charge in [-0.05, 0) is 18.6 Å². The van der Waals surface area contributed by atoms with Crippen LogP contribution in [0, 0.1) is 6.92 Å². The summed E-state index contributed by atoms with van der Waals surface area (Å²) in [5, 5.41) is 2.60. The number of aryl methyl sites for hydroxylation is 1. The zero-order valence-electron chi connectivity index (χ0n) is 7.64. The highest BCUT2D eigenvalue weighted by Crippen LogP contribution is 2.04. The van der Waals surface area contributed by atoms with Crippen LogP contribution in [0.15, 0.2) is 18.2 Å². The number of benzene rings is 1. The van der Waals surface area contributed by atoms with E-state index in [0.29, 0.717) is 0 Å². The van der Waals surface area contributed by atoms with Crippen LogP contribution >= 0.6 is 0 Å². The van der Waals surface area contributed by atoms with Crippen molar-refractivity contribution in [1.82, 2.24) is 5.32 Å². The number of amides is 1. The molecule has 0 bridgehead atoms. The van der Waals surface area contributed by atoms with Gasteiger partial charge in [0.1, 0.15) is 7.85 Å². The number of hydrogen-bond acceptors (Lipinski definition) is 1. The van der Waals surface area contributed by atoms with Crippen LogP contribution < -0.4 is 10.8 Å². The highest BCUT2D eigenvalue weighted by atomic mass is 16.1. The summed E-state index contributed by atoms with van der Waals surface area (Å²) in [6.07, 6.45) is 0. The third-order valence-electron chi connectivity index (χ3n) is 1.85. The summed E-state index contributed by atoms with van der Waals surface area (Å²) in [6.45, 7) is 1.94. The number of carbonyl (C=O) groups is 1. The Morgan fingerprint density at radius 2 is 2.17 bits per heavy atom. The second-order valence-electron chi connectivity index (χ2n) is 2.90. The van der Waals surface area contributed by atoms with Crippen LogP contribution in [-0.4, -0.2) is 20.8 Å². The van der Waals surface area contributed by atoms with Gasteiger partial charge in [-0.25, -0.2) is 0 Å². The van der Waals surface area contributed by atoms with Gasteiger partial charge in [-0.1, -0.05) is 17.6 Å². The van der Waals surface area contributed by atoms with Crippen molar-refractivity contribution in [1.29, 1.82) is 0 Å². The summed E-state index contributed by atoms with van der Waals surface area (Å²) in [5.74, 6) is -0.0208. The highest BCUT2D eigenvalue weighted by Gasteiger charge is 2.05. The largest absolute Gasteiger partial charge is 0.355 e. The molecule has 0 aliphatic heterocycles. The summed E-state index contributed by atoms with van der Waals surface area (Å²) in [5.41, 5.74) is 2.96. The van der Waals surface area contributed by atoms with Gasteiger partial charge >= 0.3 is 0 Å². The van der Waals surface area contributed by atoms with E-state index in [-0.39, 0.29) is 5.91 Å². The SMILES string of the molecule is Bc1ccc(C(=O)NC)c(C)c1. The van der Waals surface area contributed by atoms with Gasteiger partial charge in [0.15, 0.2) is 0 Å². The molecule has 0 radical (unpaired) electrons. The Morgan fingerprint density at radius 1 is 1.50 bits per heavy atom. The topological polar surface area (TPSA) is 29.1 Å². The predicted octanol–water partition coefficient (Wildman–Crippen LogP) is -0.387. The normalized spacial score (nSPS) is 9.50. The zero-order valence-corrected chi connectivity index (χ0v) is 7.64. The zero-order chi connectivity index (χ0) is 9.14. The summed E-state index contributed by atoms with van der Waals surface area (Å²) >= 11 is 0. The maximum Gasteiger partial charge on any atom is 0.251 e. The van der Waals surface area contributed by atoms with Crippen LogP contribution in [0.1, 0.15) is 15.9 Å². The predicted molar refractivity (Wildman–Crippen MR) is 52.7 cm³/mol. The van der Waals surface area contributed by atoms with Crippen molar-refractivity contribution >= 4 is 19.2 Å². The van der Waals surface area contributed by atoms with E-state index in [1.165, 1.54) is 5.46 Å². The summed E-state index contributed by atoms with van der Waals surface area (Å²) in [6, 6.07) is 5.80. The molecule has 0 spiro atoms. The Balaban J connectivity index is 3.09. The monoisotopic (exact) mass is 161 g/mol. The summed E-state index contributed by atoms with van der Waals surface area (Å²) < 4.78 is 0. The molecule has 1 aromatic carbocycles. The summed E-state index contributed by atoms with van der Waals surface area (Å²) in [4.78, 5) is 11.2. The van der Waals surface area contributed by atoms with Crippen molar-refractivity contribution in [3.63, 3.8) is 0 Å². The lowest BCUT2D eigenvalue weighted by atomic mass is 9.92. The van der Waals surface area contributed by atoms with Gasteiger partial charge < -0.3 is 5.32 Å². The summed E-state index contributed by atoms with van der Waals surface area (Å²) in [7, 11) is 3.66. The number of rotatable bonds is 1. The van der Waals surface area contributed by atoms with Crippen molar-refractivity contribution in [2.75, 3.05) is 7.05 Å². The van der Waals surface area contributed by atoms with Crippen LogP contribution in [0.5, 0.6) is 0 Å². The first kappa shape index (κ1) is 8.85. The Morgan fingerprint density at radius 3 is 2.67 bits per heavy atom. The average Bonchev–Trinajstić information content (AvgIpc) is 2.03. The van der Waals surface area contributed by atoms with Gasteiger partial charge in [0.25, 0.3) is 5.91 Å². The number of nitrogens with one attached hydrogen (secondary N) is 1. The van der Waals surface area contributed by atoms with E-state index in [1.807, 2.05) is 33.0 Å². The molecule has 0 unspecified atom stereocenters. The molecule has 0 atom stereocenters. The van der Waals surface area contributed by atoms with E-state index in [2.05, 4.69) is 5.32 Å². The van der Waals surface area contributed by atoms with Gasteiger partial charge in [-0.15, -0.1) is 0 Å². The number of hydrogen-bond donors (Lipinski definition) is 1. The fourth-order valence-electron chi connectivity index (χ4n) is 1.20. The van der Waals surface area contributed by atoms with Crippen molar-refractivity contribution in [3.05, 3.63) is 29.3 Å². The van der Waals surface area contributed by atoms with Crippen LogP contribution in [0.3, 0.4) is 0 Å². The fourth-order valence-corrected chi connectivity index (χ4v) is 1.20. The first-order chi connectivity index (χ1) is 5.65. The van der Waals surface area contributed by atoms with Crippen molar-refractivity contribution in [2.45, 2.75) is 6.92 Å². The molecule has 0 aliphatic rings. The lowest BCUT2D eigenvalue weighted by Crippen LogP contribution is -2.20. The Bertz CT molecular complexity index is 309. The maximum absolute atomic E-state index is 11.2. The minimum Gasteiger partial charge on any atom is -0.355 e. The highest BCUT2D eigenvalue weighted by molar-refractivity contribution is 6.32. The quantitative estimate of drug-likeness (QED) is 0.558. The molecule has 3 heteroatoms. The molecule has 0 fully saturated rings. The molecule has 62 valence electrons. The van der Waals surface area contributed by atoms with E-state index in [4.69, 9.17) is 0 Å². The number of carbonyl (C=O) groups excluding carboxylic acids is 1. The first-order valence-electron chi connectivity index (χ1n) is 3.94. The van der Waals surface area contributed by atoms with E-state index in [9.17, 15) is 4.79 Å². The molecule has 1 N–H and O–H groups in total. The lowest BCUT2D eigenvalue weighted by Gasteiger charge is -2.04. The van der Waals surface area contributed by atoms with Crippen LogP contribution in [0.2, 0.25) is 0 Å². The molecule has 0 saturated heterocycles.